The zero-order chi connectivity index (χ0) is 25.9. The van der Waals surface area contributed by atoms with Gasteiger partial charge in [-0.25, -0.2) is 4.98 Å². The van der Waals surface area contributed by atoms with Crippen molar-refractivity contribution in [3.05, 3.63) is 96.1 Å². The molecule has 0 spiro atoms. The lowest BCUT2D eigenvalue weighted by Crippen LogP contribution is -2.31. The van der Waals surface area contributed by atoms with Crippen molar-refractivity contribution in [2.45, 2.75) is 6.18 Å². The number of hydrogen-bond acceptors (Lipinski definition) is 3. The molecule has 37 heavy (non-hydrogen) atoms. The summed E-state index contributed by atoms with van der Waals surface area (Å²) in [6.45, 7) is 1.18. The Hall–Kier alpha value is -3.69. The van der Waals surface area contributed by atoms with E-state index in [2.05, 4.69) is 10.3 Å². The standard InChI is InChI=1S/C27H24F4N4O.ClH/c1-34(2)16-15-32-26(36)19-9-7-18(8-10-19)22-12-13-23(20-11-14-25(28)33-17-20)35(22)24-6-4-3-5-21(24)27(29,30)31;/h3-14,17H,15-16H2,1-2H3,(H,32,36);1H. The Balaban J connectivity index is 0.00000380. The lowest BCUT2D eigenvalue weighted by molar-refractivity contribution is -0.137. The zero-order valence-corrected chi connectivity index (χ0v) is 20.9. The molecule has 0 atom stereocenters. The molecule has 2 heterocycles. The van der Waals surface area contributed by atoms with E-state index in [1.165, 1.54) is 35.0 Å². The van der Waals surface area contributed by atoms with Crippen molar-refractivity contribution in [1.82, 2.24) is 19.8 Å². The van der Waals surface area contributed by atoms with Crippen LogP contribution in [0, 0.1) is 5.95 Å². The number of carbonyl (C=O) groups excluding carboxylic acids is 1. The van der Waals surface area contributed by atoms with Crippen molar-refractivity contribution in [2.75, 3.05) is 27.2 Å². The van der Waals surface area contributed by atoms with Crippen LogP contribution in [0.15, 0.2) is 79.0 Å². The summed E-state index contributed by atoms with van der Waals surface area (Å²) in [6.07, 6.45) is -3.31. The molecule has 0 fully saturated rings. The number of nitrogens with zero attached hydrogens (tertiary/aromatic N) is 3. The van der Waals surface area contributed by atoms with Crippen LogP contribution in [-0.4, -0.2) is 47.5 Å². The Morgan fingerprint density at radius 2 is 1.54 bits per heavy atom. The predicted octanol–water partition coefficient (Wildman–Crippen LogP) is 6.08. The van der Waals surface area contributed by atoms with Gasteiger partial charge < -0.3 is 14.8 Å². The quantitative estimate of drug-likeness (QED) is 0.232. The zero-order valence-electron chi connectivity index (χ0n) is 20.1. The molecule has 194 valence electrons. The van der Waals surface area contributed by atoms with Gasteiger partial charge in [0.05, 0.1) is 22.6 Å². The van der Waals surface area contributed by atoms with Gasteiger partial charge in [-0.2, -0.15) is 17.6 Å². The third-order valence-corrected chi connectivity index (χ3v) is 5.64. The second kappa shape index (κ2) is 11.6. The summed E-state index contributed by atoms with van der Waals surface area (Å²) in [7, 11) is 3.81. The molecule has 0 bridgehead atoms. The number of amides is 1. The van der Waals surface area contributed by atoms with E-state index in [4.69, 9.17) is 0 Å². The predicted molar refractivity (Wildman–Crippen MR) is 138 cm³/mol. The fourth-order valence-corrected chi connectivity index (χ4v) is 3.87. The van der Waals surface area contributed by atoms with Crippen LogP contribution < -0.4 is 5.32 Å². The highest BCUT2D eigenvalue weighted by atomic mass is 35.5. The number of alkyl halides is 3. The summed E-state index contributed by atoms with van der Waals surface area (Å²) in [5.41, 5.74) is 1.51. The maximum atomic E-state index is 13.9. The summed E-state index contributed by atoms with van der Waals surface area (Å²) in [6, 6.07) is 17.9. The average molecular weight is 533 g/mol. The van der Waals surface area contributed by atoms with Crippen LogP contribution in [0.5, 0.6) is 0 Å². The normalized spacial score (nSPS) is 11.3. The summed E-state index contributed by atoms with van der Waals surface area (Å²) in [4.78, 5) is 18.0. The van der Waals surface area contributed by atoms with E-state index in [9.17, 15) is 22.4 Å². The summed E-state index contributed by atoms with van der Waals surface area (Å²) >= 11 is 0. The van der Waals surface area contributed by atoms with E-state index in [0.29, 0.717) is 41.2 Å². The van der Waals surface area contributed by atoms with Crippen molar-refractivity contribution in [2.24, 2.45) is 0 Å². The molecule has 0 saturated carbocycles. The molecule has 0 radical (unpaired) electrons. The Morgan fingerprint density at radius 3 is 2.14 bits per heavy atom. The van der Waals surface area contributed by atoms with Crippen LogP contribution in [0.25, 0.3) is 28.2 Å². The summed E-state index contributed by atoms with van der Waals surface area (Å²) in [5, 5.41) is 2.83. The first-order valence-electron chi connectivity index (χ1n) is 11.2. The van der Waals surface area contributed by atoms with E-state index < -0.39 is 17.7 Å². The number of para-hydroxylation sites is 1. The largest absolute Gasteiger partial charge is 0.418 e. The lowest BCUT2D eigenvalue weighted by Gasteiger charge is -2.19. The second-order valence-corrected chi connectivity index (χ2v) is 8.46. The van der Waals surface area contributed by atoms with Gasteiger partial charge in [0.1, 0.15) is 0 Å². The lowest BCUT2D eigenvalue weighted by atomic mass is 10.1. The van der Waals surface area contributed by atoms with E-state index in [0.717, 1.165) is 12.1 Å². The number of halogens is 5. The highest BCUT2D eigenvalue weighted by Crippen LogP contribution is 2.39. The van der Waals surface area contributed by atoms with E-state index in [-0.39, 0.29) is 24.0 Å². The monoisotopic (exact) mass is 532 g/mol. The van der Waals surface area contributed by atoms with Gasteiger partial charge in [-0.05, 0) is 68.2 Å². The number of rotatable bonds is 7. The first kappa shape index (κ1) is 27.9. The molecule has 1 amide bonds. The molecule has 0 saturated heterocycles. The van der Waals surface area contributed by atoms with E-state index in [1.807, 2.05) is 19.0 Å². The van der Waals surface area contributed by atoms with E-state index >= 15 is 0 Å². The van der Waals surface area contributed by atoms with Crippen molar-refractivity contribution in [1.29, 1.82) is 0 Å². The molecule has 0 aliphatic rings. The van der Waals surface area contributed by atoms with Gasteiger partial charge in [0, 0.05) is 30.4 Å². The molecule has 0 aliphatic carbocycles. The number of aromatic nitrogens is 2. The third-order valence-electron chi connectivity index (χ3n) is 5.64. The summed E-state index contributed by atoms with van der Waals surface area (Å²) in [5.74, 6) is -0.925. The minimum atomic E-state index is -4.59. The highest BCUT2D eigenvalue weighted by molar-refractivity contribution is 5.94. The Morgan fingerprint density at radius 1 is 0.919 bits per heavy atom. The molecular weight excluding hydrogens is 508 g/mol. The molecule has 0 aliphatic heterocycles. The molecular formula is C27H25ClF4N4O. The third kappa shape index (κ3) is 6.36. The van der Waals surface area contributed by atoms with Gasteiger partial charge >= 0.3 is 6.18 Å². The van der Waals surface area contributed by atoms with Crippen LogP contribution in [-0.2, 0) is 6.18 Å². The van der Waals surface area contributed by atoms with Crippen LogP contribution in [0.4, 0.5) is 17.6 Å². The molecule has 5 nitrogen and oxygen atoms in total. The van der Waals surface area contributed by atoms with Gasteiger partial charge in [-0.1, -0.05) is 24.3 Å². The maximum absolute atomic E-state index is 13.9. The molecule has 4 rings (SSSR count). The number of hydrogen-bond donors (Lipinski definition) is 1. The molecule has 2 aromatic heterocycles. The second-order valence-electron chi connectivity index (χ2n) is 8.46. The molecule has 1 N–H and O–H groups in total. The van der Waals surface area contributed by atoms with Gasteiger partial charge in [-0.3, -0.25) is 4.79 Å². The summed E-state index contributed by atoms with van der Waals surface area (Å²) < 4.78 is 56.7. The van der Waals surface area contributed by atoms with Crippen LogP contribution >= 0.6 is 12.4 Å². The van der Waals surface area contributed by atoms with Crippen molar-refractivity contribution in [3.63, 3.8) is 0 Å². The smallest absolute Gasteiger partial charge is 0.351 e. The number of carbonyl (C=O) groups is 1. The first-order chi connectivity index (χ1) is 17.1. The molecule has 4 aromatic rings. The average Bonchev–Trinajstić information content (AvgIpc) is 3.29. The number of likely N-dealkylation sites (N-methyl/N-ethyl adjacent to an activating group) is 1. The maximum Gasteiger partial charge on any atom is 0.418 e. The fourth-order valence-electron chi connectivity index (χ4n) is 3.87. The van der Waals surface area contributed by atoms with Gasteiger partial charge in [-0.15, -0.1) is 12.4 Å². The van der Waals surface area contributed by atoms with Gasteiger partial charge in [0.25, 0.3) is 5.91 Å². The van der Waals surface area contributed by atoms with Crippen molar-refractivity contribution < 1.29 is 22.4 Å². The van der Waals surface area contributed by atoms with Crippen LogP contribution in [0.3, 0.4) is 0 Å². The van der Waals surface area contributed by atoms with Crippen LogP contribution in [0.2, 0.25) is 0 Å². The molecule has 0 unspecified atom stereocenters. The highest BCUT2D eigenvalue weighted by Gasteiger charge is 2.34. The number of pyridine rings is 1. The first-order valence-corrected chi connectivity index (χ1v) is 11.2. The SMILES string of the molecule is CN(C)CCNC(=O)c1ccc(-c2ccc(-c3ccc(F)nc3)n2-c2ccccc2C(F)(F)F)cc1.Cl. The van der Waals surface area contributed by atoms with E-state index in [1.54, 1.807) is 36.4 Å². The Bertz CT molecular complexity index is 1350. The topological polar surface area (TPSA) is 50.2 Å². The minimum Gasteiger partial charge on any atom is -0.351 e. The minimum absolute atomic E-state index is 0. The van der Waals surface area contributed by atoms with Gasteiger partial charge in [0.15, 0.2) is 0 Å². The number of benzene rings is 2. The Labute approximate surface area is 218 Å². The molecule has 2 aromatic carbocycles. The van der Waals surface area contributed by atoms with Crippen molar-refractivity contribution in [3.8, 4) is 28.2 Å². The Kier molecular flexibility index (Phi) is 8.73. The molecule has 10 heteroatoms. The number of nitrogens with one attached hydrogen (secondary N) is 1. The van der Waals surface area contributed by atoms with Gasteiger partial charge in [0.2, 0.25) is 5.95 Å². The van der Waals surface area contributed by atoms with Crippen molar-refractivity contribution >= 4 is 18.3 Å². The fraction of sp³-hybridized carbons (Fsp3) is 0.185. The van der Waals surface area contributed by atoms with Crippen LogP contribution in [0.1, 0.15) is 15.9 Å².